The topological polar surface area (TPSA) is 58.5 Å². The van der Waals surface area contributed by atoms with Crippen molar-refractivity contribution in [3.63, 3.8) is 0 Å². The van der Waals surface area contributed by atoms with Crippen LogP contribution in [0.4, 0.5) is 18.9 Å². The Balaban J connectivity index is 1.87. The molecule has 0 saturated heterocycles. The van der Waals surface area contributed by atoms with Crippen molar-refractivity contribution in [3.8, 4) is 0 Å². The van der Waals surface area contributed by atoms with Crippen LogP contribution in [0.3, 0.4) is 0 Å². The zero-order chi connectivity index (χ0) is 20.7. The van der Waals surface area contributed by atoms with Crippen LogP contribution < -0.4 is 5.01 Å². The van der Waals surface area contributed by atoms with Crippen LogP contribution in [0, 0.1) is 0 Å². The maximum atomic E-state index is 13.1. The second-order valence-electron chi connectivity index (χ2n) is 5.73. The number of hydrazone groups is 1. The van der Waals surface area contributed by atoms with Crippen LogP contribution >= 0.6 is 11.8 Å². The predicted molar refractivity (Wildman–Crippen MR) is 106 cm³/mol. The monoisotopic (exact) mass is 416 g/mol. The first kappa shape index (κ1) is 20.5. The van der Waals surface area contributed by atoms with E-state index in [0.29, 0.717) is 10.7 Å². The van der Waals surface area contributed by atoms with Crippen LogP contribution in [0.2, 0.25) is 0 Å². The number of halogens is 3. The highest BCUT2D eigenvalue weighted by Crippen LogP contribution is 2.32. The van der Waals surface area contributed by atoms with Crippen LogP contribution in [0.5, 0.6) is 0 Å². The minimum Gasteiger partial charge on any atom is -0.272 e. The molecular weight excluding hydrogens is 401 g/mol. The Kier molecular flexibility index (Phi) is 6.61. The summed E-state index contributed by atoms with van der Waals surface area (Å²) in [5.41, 5.74) is -0.135. The third-order valence-corrected chi connectivity index (χ3v) is 4.50. The lowest BCUT2D eigenvalue weighted by Crippen LogP contribution is -2.28. The van der Waals surface area contributed by atoms with Gasteiger partial charge in [-0.1, -0.05) is 48.2 Å². The first-order valence-corrected chi connectivity index (χ1v) is 9.41. The molecule has 3 rings (SSSR count). The van der Waals surface area contributed by atoms with Crippen LogP contribution in [0.25, 0.3) is 0 Å². The standard InChI is InChI=1S/C20H15F3N4OS/c21-20(22,23)16-8-4-9-17(12-16)27(26-13-15-6-2-1-3-7-15)18(28)14-29-19-24-10-5-11-25-19/h1-13H,14H2/b26-13-. The minimum absolute atomic E-state index is 0.0200. The molecule has 3 aromatic rings. The molecule has 0 aliphatic heterocycles. The van der Waals surface area contributed by atoms with Crippen molar-refractivity contribution in [2.24, 2.45) is 5.10 Å². The maximum Gasteiger partial charge on any atom is 0.416 e. The number of hydrogen-bond donors (Lipinski definition) is 0. The molecule has 0 fully saturated rings. The van der Waals surface area contributed by atoms with E-state index in [4.69, 9.17) is 0 Å². The third kappa shape index (κ3) is 5.89. The van der Waals surface area contributed by atoms with Gasteiger partial charge in [0.2, 0.25) is 0 Å². The summed E-state index contributed by atoms with van der Waals surface area (Å²) in [4.78, 5) is 20.8. The van der Waals surface area contributed by atoms with E-state index in [9.17, 15) is 18.0 Å². The molecule has 0 radical (unpaired) electrons. The van der Waals surface area contributed by atoms with E-state index in [1.54, 1.807) is 30.3 Å². The van der Waals surface area contributed by atoms with E-state index in [-0.39, 0.29) is 11.4 Å². The van der Waals surface area contributed by atoms with Gasteiger partial charge in [0.25, 0.3) is 5.91 Å². The number of rotatable bonds is 6. The van der Waals surface area contributed by atoms with E-state index in [2.05, 4.69) is 15.1 Å². The highest BCUT2D eigenvalue weighted by atomic mass is 32.2. The first-order chi connectivity index (χ1) is 13.9. The molecule has 29 heavy (non-hydrogen) atoms. The van der Waals surface area contributed by atoms with Crippen molar-refractivity contribution in [3.05, 3.63) is 84.2 Å². The Labute approximate surface area is 169 Å². The summed E-state index contributed by atoms with van der Waals surface area (Å²) in [7, 11) is 0. The lowest BCUT2D eigenvalue weighted by Gasteiger charge is -2.18. The summed E-state index contributed by atoms with van der Waals surface area (Å²) >= 11 is 1.07. The Morgan fingerprint density at radius 1 is 1.03 bits per heavy atom. The van der Waals surface area contributed by atoms with Crippen LogP contribution in [-0.2, 0) is 11.0 Å². The van der Waals surface area contributed by atoms with Crippen LogP contribution in [0.15, 0.2) is 83.3 Å². The van der Waals surface area contributed by atoms with Gasteiger partial charge in [0.05, 0.1) is 23.2 Å². The molecule has 0 aliphatic rings. The fourth-order valence-electron chi connectivity index (χ4n) is 2.30. The molecule has 0 spiro atoms. The highest BCUT2D eigenvalue weighted by molar-refractivity contribution is 7.99. The number of carbonyl (C=O) groups is 1. The number of aromatic nitrogens is 2. The summed E-state index contributed by atoms with van der Waals surface area (Å²) in [6.07, 6.45) is -0.0295. The molecular formula is C20H15F3N4OS. The van der Waals surface area contributed by atoms with Gasteiger partial charge in [0.1, 0.15) is 0 Å². The molecule has 9 heteroatoms. The molecule has 0 bridgehead atoms. The summed E-state index contributed by atoms with van der Waals surface area (Å²) in [5.74, 6) is -0.596. The van der Waals surface area contributed by atoms with Crippen LogP contribution in [0.1, 0.15) is 11.1 Å². The van der Waals surface area contributed by atoms with Crippen molar-refractivity contribution < 1.29 is 18.0 Å². The largest absolute Gasteiger partial charge is 0.416 e. The number of anilines is 1. The number of alkyl halides is 3. The smallest absolute Gasteiger partial charge is 0.272 e. The Bertz CT molecular complexity index is 982. The van der Waals surface area contributed by atoms with Gasteiger partial charge < -0.3 is 0 Å². The third-order valence-electron chi connectivity index (χ3n) is 3.64. The van der Waals surface area contributed by atoms with Crippen LogP contribution in [-0.4, -0.2) is 27.8 Å². The van der Waals surface area contributed by atoms with Gasteiger partial charge in [0, 0.05) is 12.4 Å². The quantitative estimate of drug-likeness (QED) is 0.254. The molecule has 2 aromatic carbocycles. The Morgan fingerprint density at radius 2 is 1.76 bits per heavy atom. The molecule has 0 atom stereocenters. The number of benzene rings is 2. The fourth-order valence-corrected chi connectivity index (χ4v) is 2.95. The van der Waals surface area contributed by atoms with Crippen molar-refractivity contribution in [1.82, 2.24) is 9.97 Å². The van der Waals surface area contributed by atoms with E-state index in [0.717, 1.165) is 28.9 Å². The zero-order valence-corrected chi connectivity index (χ0v) is 15.8. The molecule has 5 nitrogen and oxygen atoms in total. The Morgan fingerprint density at radius 3 is 2.45 bits per heavy atom. The molecule has 1 aromatic heterocycles. The van der Waals surface area contributed by atoms with Gasteiger partial charge in [-0.3, -0.25) is 4.79 Å². The second kappa shape index (κ2) is 9.33. The number of carbonyl (C=O) groups excluding carboxylic acids is 1. The number of nitrogens with zero attached hydrogens (tertiary/aromatic N) is 4. The van der Waals surface area contributed by atoms with Crippen molar-refractivity contribution in [2.75, 3.05) is 10.8 Å². The van der Waals surface area contributed by atoms with Gasteiger partial charge in [0.15, 0.2) is 5.16 Å². The lowest BCUT2D eigenvalue weighted by molar-refractivity contribution is -0.137. The van der Waals surface area contributed by atoms with Crippen molar-refractivity contribution in [2.45, 2.75) is 11.3 Å². The molecule has 1 heterocycles. The summed E-state index contributed by atoms with van der Waals surface area (Å²) in [6, 6.07) is 15.1. The molecule has 1 amide bonds. The van der Waals surface area contributed by atoms with E-state index in [1.165, 1.54) is 30.7 Å². The minimum atomic E-state index is -4.53. The average molecular weight is 416 g/mol. The van der Waals surface area contributed by atoms with Gasteiger partial charge in [-0.25, -0.2) is 15.0 Å². The summed E-state index contributed by atoms with van der Waals surface area (Å²) in [6.45, 7) is 0. The zero-order valence-electron chi connectivity index (χ0n) is 15.0. The number of amides is 1. The van der Waals surface area contributed by atoms with E-state index >= 15 is 0 Å². The SMILES string of the molecule is O=C(CSc1ncccn1)N(/N=C\c1ccccc1)c1cccc(C(F)(F)F)c1. The fraction of sp³-hybridized carbons (Fsp3) is 0.100. The first-order valence-electron chi connectivity index (χ1n) is 8.42. The lowest BCUT2D eigenvalue weighted by atomic mass is 10.2. The van der Waals surface area contributed by atoms with E-state index < -0.39 is 17.6 Å². The normalized spacial score (nSPS) is 11.6. The van der Waals surface area contributed by atoms with E-state index in [1.807, 2.05) is 6.07 Å². The molecule has 0 unspecified atom stereocenters. The predicted octanol–water partition coefficient (Wildman–Crippen LogP) is 4.65. The highest BCUT2D eigenvalue weighted by Gasteiger charge is 2.31. The van der Waals surface area contributed by atoms with Crippen molar-refractivity contribution in [1.29, 1.82) is 0 Å². The summed E-state index contributed by atoms with van der Waals surface area (Å²) < 4.78 is 39.3. The molecule has 148 valence electrons. The molecule has 0 saturated carbocycles. The Hall–Kier alpha value is -3.20. The summed E-state index contributed by atoms with van der Waals surface area (Å²) in [5, 5.41) is 5.48. The van der Waals surface area contributed by atoms with Gasteiger partial charge in [-0.15, -0.1) is 0 Å². The molecule has 0 N–H and O–H groups in total. The van der Waals surface area contributed by atoms with Gasteiger partial charge in [-0.2, -0.15) is 18.3 Å². The number of hydrogen-bond acceptors (Lipinski definition) is 5. The maximum absolute atomic E-state index is 13.1. The van der Waals surface area contributed by atoms with Gasteiger partial charge in [-0.05, 0) is 29.8 Å². The average Bonchev–Trinajstić information content (AvgIpc) is 2.73. The van der Waals surface area contributed by atoms with Crippen molar-refractivity contribution >= 4 is 29.6 Å². The second-order valence-corrected chi connectivity index (χ2v) is 6.67. The number of thioether (sulfide) groups is 1. The molecule has 0 aliphatic carbocycles. The van der Waals surface area contributed by atoms with Gasteiger partial charge >= 0.3 is 6.18 Å².